The fourth-order valence-electron chi connectivity index (χ4n) is 0.995. The molecule has 1 N–H and O–H groups in total. The fourth-order valence-corrected chi connectivity index (χ4v) is 0.995. The molecule has 0 aliphatic rings. The molecule has 1 aromatic heterocycles. The van der Waals surface area contributed by atoms with Gasteiger partial charge in [-0.3, -0.25) is 0 Å². The molecule has 2 aromatic rings. The molecule has 1 aromatic carbocycles. The van der Waals surface area contributed by atoms with E-state index in [1.165, 1.54) is 10.8 Å². The topological polar surface area (TPSA) is 15.8 Å². The number of H-pyrrole nitrogens is 1. The van der Waals surface area contributed by atoms with Gasteiger partial charge in [0.1, 0.15) is 0 Å². The zero-order valence-corrected chi connectivity index (χ0v) is 4.96. The van der Waals surface area contributed by atoms with Crippen molar-refractivity contribution in [1.82, 2.24) is 4.98 Å². The van der Waals surface area contributed by atoms with E-state index in [1.54, 1.807) is 0 Å². The Hall–Kier alpha value is -0.110. The van der Waals surface area contributed by atoms with Gasteiger partial charge >= 0.3 is 20.3 Å². The molecule has 0 amide bonds. The number of aromatic amines is 1. The molecule has 0 unspecified atom stereocenters. The molecule has 52 valence electrons. The van der Waals surface area contributed by atoms with Crippen molar-refractivity contribution in [2.75, 3.05) is 0 Å². The van der Waals surface area contributed by atoms with Crippen LogP contribution in [0.5, 0.6) is 0 Å². The molecule has 0 saturated heterocycles. The van der Waals surface area contributed by atoms with Crippen molar-refractivity contribution >= 4 is 47.0 Å². The summed E-state index contributed by atoms with van der Waals surface area (Å²) in [6, 6.07) is 8.25. The van der Waals surface area contributed by atoms with Crippen molar-refractivity contribution in [2.45, 2.75) is 0 Å². The van der Waals surface area contributed by atoms with Crippen LogP contribution in [0.1, 0.15) is 1.43 Å². The third-order valence-corrected chi connectivity index (χ3v) is 1.47. The zero-order chi connectivity index (χ0) is 6.10. The van der Waals surface area contributed by atoms with E-state index in [2.05, 4.69) is 17.1 Å². The first-order chi connectivity index (χ1) is 4.47. The van der Waals surface area contributed by atoms with E-state index in [0.29, 0.717) is 0 Å². The average Bonchev–Trinajstić information content (AvgIpc) is 2.33. The normalized spacial score (nSPS) is 8.36. The molecule has 0 fully saturated rings. The monoisotopic (exact) mass is 156 g/mol. The third-order valence-electron chi connectivity index (χ3n) is 1.47. The minimum absolute atomic E-state index is 0. The molecule has 0 spiro atoms. The van der Waals surface area contributed by atoms with Gasteiger partial charge < -0.3 is 4.98 Å². The number of hydrogen-bond donors (Lipinski definition) is 1. The number of aromatic nitrogens is 1. The van der Waals surface area contributed by atoms with Crippen molar-refractivity contribution in [3.63, 3.8) is 0 Å². The number of nitrogens with one attached hydrogen (secondary N) is 1. The van der Waals surface area contributed by atoms with E-state index >= 15 is 0 Å². The summed E-state index contributed by atoms with van der Waals surface area (Å²) in [5.41, 5.74) is 0. The van der Waals surface area contributed by atoms with Gasteiger partial charge in [-0.2, -0.15) is 0 Å². The summed E-state index contributed by atoms with van der Waals surface area (Å²) in [5.74, 6) is 0. The molecule has 0 aliphatic heterocycles. The van der Waals surface area contributed by atoms with Gasteiger partial charge in [-0.05, 0) is 10.8 Å². The van der Waals surface area contributed by atoms with Crippen molar-refractivity contribution in [1.29, 1.82) is 0 Å². The Kier molecular flexibility index (Phi) is 4.66. The SMILES string of the molecule is [AlH3].[H+].[LiH].c1ccc2c[nH]cc2c1. The van der Waals surface area contributed by atoms with E-state index in [1.807, 2.05) is 24.5 Å². The number of benzene rings is 1. The van der Waals surface area contributed by atoms with Crippen LogP contribution in [-0.2, 0) is 0 Å². The smallest absolute Gasteiger partial charge is 0.00843 e. The number of rotatable bonds is 0. The quantitative estimate of drug-likeness (QED) is 0.533. The van der Waals surface area contributed by atoms with Gasteiger partial charge in [-0.15, -0.1) is 0 Å². The van der Waals surface area contributed by atoms with E-state index in [4.69, 9.17) is 0 Å². The van der Waals surface area contributed by atoms with Crippen LogP contribution < -0.4 is 0 Å². The second-order valence-electron chi connectivity index (χ2n) is 2.08. The molecule has 0 radical (unpaired) electrons. The molecule has 3 heteroatoms. The Morgan fingerprint density at radius 3 is 1.91 bits per heavy atom. The number of fused-ring (bicyclic) bond motifs is 1. The summed E-state index contributed by atoms with van der Waals surface area (Å²) in [4.78, 5) is 3.04. The molecule has 1 heterocycles. The van der Waals surface area contributed by atoms with E-state index < -0.39 is 0 Å². The first-order valence-corrected chi connectivity index (χ1v) is 2.98. The molecular weight excluding hydrogens is 144 g/mol. The maximum atomic E-state index is 3.04. The van der Waals surface area contributed by atoms with Crippen molar-refractivity contribution in [3.05, 3.63) is 36.7 Å². The van der Waals surface area contributed by atoms with Crippen LogP contribution in [0, 0.1) is 0 Å². The van der Waals surface area contributed by atoms with E-state index in [0.717, 1.165) is 0 Å². The molecule has 0 aliphatic carbocycles. The first-order valence-electron chi connectivity index (χ1n) is 2.98. The predicted octanol–water partition coefficient (Wildman–Crippen LogP) is 0.448. The van der Waals surface area contributed by atoms with Crippen molar-refractivity contribution in [3.8, 4) is 0 Å². The summed E-state index contributed by atoms with van der Waals surface area (Å²) in [5, 5.41) is 2.55. The summed E-state index contributed by atoms with van der Waals surface area (Å²) < 4.78 is 0. The van der Waals surface area contributed by atoms with Crippen molar-refractivity contribution in [2.24, 2.45) is 0 Å². The minimum atomic E-state index is 0. The van der Waals surface area contributed by atoms with Crippen LogP contribution in [0.3, 0.4) is 0 Å². The standard InChI is InChI=1S/C8H7N.Al.Li.4H/c1-2-4-8-6-9-5-7(8)3-1;;;;;;/h1-6,9H;;;;;;/p+1. The molecule has 0 saturated carbocycles. The Bertz CT molecular complexity index is 293. The largest absolute Gasteiger partial charge is 0.366 e. The number of hydrogen-bond acceptors (Lipinski definition) is 0. The molecule has 0 bridgehead atoms. The first kappa shape index (κ1) is 10.9. The van der Waals surface area contributed by atoms with Gasteiger partial charge in [0.2, 0.25) is 0 Å². The molecule has 1 nitrogen and oxygen atoms in total. The zero-order valence-electron chi connectivity index (χ0n) is 5.96. The second kappa shape index (κ2) is 4.70. The summed E-state index contributed by atoms with van der Waals surface area (Å²) in [7, 11) is 0. The van der Waals surface area contributed by atoms with Gasteiger partial charge in [-0.1, -0.05) is 24.3 Å². The van der Waals surface area contributed by atoms with E-state index in [9.17, 15) is 0 Å². The van der Waals surface area contributed by atoms with Crippen LogP contribution in [0.25, 0.3) is 10.8 Å². The van der Waals surface area contributed by atoms with Crippen molar-refractivity contribution < 1.29 is 1.43 Å². The van der Waals surface area contributed by atoms with E-state index in [-0.39, 0.29) is 37.6 Å². The summed E-state index contributed by atoms with van der Waals surface area (Å²) in [6.45, 7) is 0. The van der Waals surface area contributed by atoms with Gasteiger partial charge in [0.05, 0.1) is 0 Å². The summed E-state index contributed by atoms with van der Waals surface area (Å²) >= 11 is 0. The van der Waals surface area contributed by atoms with Gasteiger partial charge in [0.25, 0.3) is 0 Å². The van der Waals surface area contributed by atoms with Gasteiger partial charge in [0, 0.05) is 12.4 Å². The third kappa shape index (κ3) is 2.16. The van der Waals surface area contributed by atoms with Crippen LogP contribution in [0.15, 0.2) is 36.7 Å². The molecular formula is C8H12AlLiN+. The Morgan fingerprint density at radius 2 is 1.45 bits per heavy atom. The molecule has 2 rings (SSSR count). The predicted molar refractivity (Wildman–Crippen MR) is 56.5 cm³/mol. The molecule has 11 heavy (non-hydrogen) atoms. The Morgan fingerprint density at radius 1 is 1.00 bits per heavy atom. The Labute approximate surface area is 90.0 Å². The fraction of sp³-hybridized carbons (Fsp3) is 0. The maximum Gasteiger partial charge on any atom is 0.00843 e. The van der Waals surface area contributed by atoms with Crippen LogP contribution in [0.4, 0.5) is 0 Å². The average molecular weight is 156 g/mol. The Balaban J connectivity index is 0. The van der Waals surface area contributed by atoms with Crippen LogP contribution >= 0.6 is 0 Å². The van der Waals surface area contributed by atoms with Crippen LogP contribution in [0.2, 0.25) is 0 Å². The van der Waals surface area contributed by atoms with Gasteiger partial charge in [0.15, 0.2) is 17.4 Å². The van der Waals surface area contributed by atoms with Gasteiger partial charge in [-0.25, -0.2) is 0 Å². The minimum Gasteiger partial charge on any atom is -0.366 e. The molecule has 0 atom stereocenters. The maximum absolute atomic E-state index is 3.04. The second-order valence-corrected chi connectivity index (χ2v) is 2.08. The van der Waals surface area contributed by atoms with Crippen LogP contribution in [-0.4, -0.2) is 41.2 Å². The summed E-state index contributed by atoms with van der Waals surface area (Å²) in [6.07, 6.45) is 3.99.